The van der Waals surface area contributed by atoms with Gasteiger partial charge >= 0.3 is 0 Å². The molecule has 1 aromatic carbocycles. The lowest BCUT2D eigenvalue weighted by Gasteiger charge is -2.38. The van der Waals surface area contributed by atoms with E-state index >= 15 is 0 Å². The normalized spacial score (nSPS) is 21.8. The Morgan fingerprint density at radius 3 is 2.54 bits per heavy atom. The van der Waals surface area contributed by atoms with Crippen LogP contribution in [-0.4, -0.2) is 46.5 Å². The molecule has 0 amide bonds. The summed E-state index contributed by atoms with van der Waals surface area (Å²) in [7, 11) is 0. The van der Waals surface area contributed by atoms with Gasteiger partial charge in [0.05, 0.1) is 12.1 Å². The summed E-state index contributed by atoms with van der Waals surface area (Å²) < 4.78 is 10.8. The maximum atomic E-state index is 11.0. The van der Waals surface area contributed by atoms with Gasteiger partial charge < -0.3 is 14.4 Å². The van der Waals surface area contributed by atoms with Crippen molar-refractivity contribution in [3.63, 3.8) is 0 Å². The van der Waals surface area contributed by atoms with Crippen LogP contribution < -0.4 is 0 Å². The van der Waals surface area contributed by atoms with Crippen LogP contribution in [0.2, 0.25) is 5.02 Å². The largest absolute Gasteiger partial charge is 0.385 e. The average Bonchev–Trinajstić information content (AvgIpc) is 3.14. The fourth-order valence-corrected chi connectivity index (χ4v) is 3.90. The van der Waals surface area contributed by atoms with E-state index in [1.54, 1.807) is 0 Å². The highest BCUT2D eigenvalue weighted by Gasteiger charge is 2.34. The number of likely N-dealkylation sites (tertiary alicyclic amines) is 1. The minimum absolute atomic E-state index is 0.321. The molecule has 0 aliphatic carbocycles. The first-order valence-corrected chi connectivity index (χ1v) is 9.61. The zero-order chi connectivity index (χ0) is 18.0. The summed E-state index contributed by atoms with van der Waals surface area (Å²) in [5, 5.41) is 15.8. The van der Waals surface area contributed by atoms with Crippen LogP contribution in [-0.2, 0) is 16.9 Å². The molecule has 1 N–H and O–H groups in total. The third-order valence-corrected chi connectivity index (χ3v) is 5.74. The molecule has 140 valence electrons. The van der Waals surface area contributed by atoms with E-state index in [0.29, 0.717) is 30.3 Å². The minimum Gasteiger partial charge on any atom is -0.385 e. The molecule has 1 aromatic heterocycles. The van der Waals surface area contributed by atoms with Crippen LogP contribution in [0.5, 0.6) is 0 Å². The zero-order valence-electron chi connectivity index (χ0n) is 14.7. The van der Waals surface area contributed by atoms with Crippen molar-refractivity contribution < 1.29 is 14.4 Å². The number of benzene rings is 1. The van der Waals surface area contributed by atoms with E-state index in [-0.39, 0.29) is 0 Å². The van der Waals surface area contributed by atoms with E-state index < -0.39 is 5.60 Å². The number of aliphatic hydroxyl groups is 1. The molecule has 0 spiro atoms. The molecule has 2 saturated heterocycles. The Morgan fingerprint density at radius 1 is 1.15 bits per heavy atom. The second kappa shape index (κ2) is 7.64. The number of halogens is 1. The number of aromatic nitrogens is 2. The van der Waals surface area contributed by atoms with Gasteiger partial charge in [0, 0.05) is 37.2 Å². The number of ether oxygens (including phenoxy) is 1. The van der Waals surface area contributed by atoms with Crippen molar-refractivity contribution in [1.29, 1.82) is 0 Å². The molecule has 7 heteroatoms. The third-order valence-electron chi connectivity index (χ3n) is 5.48. The molecule has 2 aromatic rings. The second-order valence-electron chi connectivity index (χ2n) is 7.25. The van der Waals surface area contributed by atoms with Crippen LogP contribution in [0, 0.1) is 0 Å². The highest BCUT2D eigenvalue weighted by Crippen LogP contribution is 2.34. The van der Waals surface area contributed by atoms with Crippen molar-refractivity contribution >= 4 is 11.6 Å². The van der Waals surface area contributed by atoms with Crippen LogP contribution in [0.25, 0.3) is 0 Å². The average molecular weight is 378 g/mol. The quantitative estimate of drug-likeness (QED) is 0.882. The molecule has 0 bridgehead atoms. The fourth-order valence-electron chi connectivity index (χ4n) is 3.77. The van der Waals surface area contributed by atoms with Gasteiger partial charge in [-0.1, -0.05) is 28.9 Å². The molecule has 0 saturated carbocycles. The van der Waals surface area contributed by atoms with Crippen molar-refractivity contribution in [1.82, 2.24) is 15.0 Å². The van der Waals surface area contributed by atoms with Crippen LogP contribution in [0.3, 0.4) is 0 Å². The summed E-state index contributed by atoms with van der Waals surface area (Å²) in [6.45, 7) is 3.76. The van der Waals surface area contributed by atoms with Crippen LogP contribution in [0.15, 0.2) is 28.8 Å². The van der Waals surface area contributed by atoms with E-state index in [1.807, 2.05) is 24.3 Å². The standard InChI is InChI=1S/C19H24ClN3O3/c20-16-3-1-15(2-4-16)19(24)7-9-23(10-8-19)13-17-21-18(26-22-17)14-5-11-25-12-6-14/h1-4,14,24H,5-13H2. The van der Waals surface area contributed by atoms with Gasteiger partial charge in [-0.25, -0.2) is 0 Å². The Kier molecular flexibility index (Phi) is 5.27. The first-order valence-electron chi connectivity index (χ1n) is 9.23. The molecule has 26 heavy (non-hydrogen) atoms. The van der Waals surface area contributed by atoms with Crippen molar-refractivity contribution in [2.24, 2.45) is 0 Å². The molecule has 0 radical (unpaired) electrons. The number of hydrogen-bond acceptors (Lipinski definition) is 6. The number of rotatable bonds is 4. The molecule has 2 aliphatic heterocycles. The van der Waals surface area contributed by atoms with E-state index in [0.717, 1.165) is 56.4 Å². The van der Waals surface area contributed by atoms with Crippen molar-refractivity contribution in [3.8, 4) is 0 Å². The summed E-state index contributed by atoms with van der Waals surface area (Å²) >= 11 is 5.95. The van der Waals surface area contributed by atoms with E-state index in [9.17, 15) is 5.11 Å². The molecular formula is C19H24ClN3O3. The fraction of sp³-hybridized carbons (Fsp3) is 0.579. The Hall–Kier alpha value is -1.47. The maximum Gasteiger partial charge on any atom is 0.229 e. The number of nitrogens with zero attached hydrogens (tertiary/aromatic N) is 3. The lowest BCUT2D eigenvalue weighted by atomic mass is 9.84. The summed E-state index contributed by atoms with van der Waals surface area (Å²) in [6.07, 6.45) is 3.25. The van der Waals surface area contributed by atoms with Crippen molar-refractivity contribution in [2.45, 2.75) is 43.7 Å². The van der Waals surface area contributed by atoms with Crippen LogP contribution in [0.4, 0.5) is 0 Å². The van der Waals surface area contributed by atoms with Gasteiger partial charge in [-0.3, -0.25) is 4.90 Å². The van der Waals surface area contributed by atoms with Gasteiger partial charge in [-0.15, -0.1) is 0 Å². The van der Waals surface area contributed by atoms with Gasteiger partial charge in [0.2, 0.25) is 5.89 Å². The van der Waals surface area contributed by atoms with Gasteiger partial charge in [0.15, 0.2) is 5.82 Å². The monoisotopic (exact) mass is 377 g/mol. The predicted octanol–water partition coefficient (Wildman–Crippen LogP) is 3.10. The molecule has 2 fully saturated rings. The molecule has 6 nitrogen and oxygen atoms in total. The van der Waals surface area contributed by atoms with Crippen molar-refractivity contribution in [3.05, 3.63) is 46.6 Å². The molecule has 4 rings (SSSR count). The van der Waals surface area contributed by atoms with E-state index in [2.05, 4.69) is 15.0 Å². The van der Waals surface area contributed by atoms with Crippen molar-refractivity contribution in [2.75, 3.05) is 26.3 Å². The Bertz CT molecular complexity index is 720. The van der Waals surface area contributed by atoms with Gasteiger partial charge in [-0.2, -0.15) is 4.98 Å². The third kappa shape index (κ3) is 3.93. The lowest BCUT2D eigenvalue weighted by molar-refractivity contribution is -0.0283. The SMILES string of the molecule is OC1(c2ccc(Cl)cc2)CCN(Cc2noc(C3CCOCC3)n2)CC1. The highest BCUT2D eigenvalue weighted by molar-refractivity contribution is 6.30. The summed E-state index contributed by atoms with van der Waals surface area (Å²) in [5.74, 6) is 1.78. The number of hydrogen-bond donors (Lipinski definition) is 1. The molecule has 2 aliphatic rings. The summed E-state index contributed by atoms with van der Waals surface area (Å²) in [6, 6.07) is 7.49. The van der Waals surface area contributed by atoms with E-state index in [1.165, 1.54) is 0 Å². The first kappa shape index (κ1) is 17.9. The smallest absolute Gasteiger partial charge is 0.229 e. The van der Waals surface area contributed by atoms with Gasteiger partial charge in [-0.05, 0) is 43.4 Å². The summed E-state index contributed by atoms with van der Waals surface area (Å²) in [5.41, 5.74) is 0.147. The van der Waals surface area contributed by atoms with Gasteiger partial charge in [0.25, 0.3) is 0 Å². The first-order chi connectivity index (χ1) is 12.6. The highest BCUT2D eigenvalue weighted by atomic mass is 35.5. The molecule has 0 unspecified atom stereocenters. The molecule has 0 atom stereocenters. The lowest BCUT2D eigenvalue weighted by Crippen LogP contribution is -2.42. The van der Waals surface area contributed by atoms with Crippen LogP contribution >= 0.6 is 11.6 Å². The molecule has 3 heterocycles. The van der Waals surface area contributed by atoms with E-state index in [4.69, 9.17) is 20.9 Å². The minimum atomic E-state index is -0.786. The van der Waals surface area contributed by atoms with Gasteiger partial charge in [0.1, 0.15) is 0 Å². The Labute approximate surface area is 158 Å². The Balaban J connectivity index is 1.34. The maximum absolute atomic E-state index is 11.0. The number of piperidine rings is 1. The second-order valence-corrected chi connectivity index (χ2v) is 7.69. The van der Waals surface area contributed by atoms with Crippen LogP contribution in [0.1, 0.15) is 48.9 Å². The zero-order valence-corrected chi connectivity index (χ0v) is 15.5. The topological polar surface area (TPSA) is 71.6 Å². The molecular weight excluding hydrogens is 354 g/mol. The Morgan fingerprint density at radius 2 is 1.85 bits per heavy atom. The predicted molar refractivity (Wildman–Crippen MR) is 97.0 cm³/mol. The summed E-state index contributed by atoms with van der Waals surface area (Å²) in [4.78, 5) is 6.85.